The standard InChI is InChI=1S/C17H19ClN4O4S/c1-10-6-21(7-11(2)26-10)8-12-9-27-17(19-12)20-16(23)14-4-3-13(22(24)25)5-15(14)18/h3-5,9-11H,6-8H2,1-2H3,(H,19,20,23). The number of hydrogen-bond donors (Lipinski definition) is 1. The van der Waals surface area contributed by atoms with Gasteiger partial charge in [0.2, 0.25) is 0 Å². The average molecular weight is 411 g/mol. The third-order valence-electron chi connectivity index (χ3n) is 4.06. The third kappa shape index (κ3) is 5.01. The van der Waals surface area contributed by atoms with E-state index in [1.165, 1.54) is 23.5 Å². The SMILES string of the molecule is CC1CN(Cc2csc(NC(=O)c3ccc([N+](=O)[O-])cc3Cl)n2)CC(C)O1. The van der Waals surface area contributed by atoms with Gasteiger partial charge in [0.15, 0.2) is 5.13 Å². The Balaban J connectivity index is 1.63. The van der Waals surface area contributed by atoms with Gasteiger partial charge < -0.3 is 4.74 Å². The number of ether oxygens (including phenoxy) is 1. The van der Waals surface area contributed by atoms with Crippen LogP contribution in [0.5, 0.6) is 0 Å². The molecule has 0 aliphatic carbocycles. The van der Waals surface area contributed by atoms with Crippen molar-refractivity contribution in [1.82, 2.24) is 9.88 Å². The zero-order valence-electron chi connectivity index (χ0n) is 14.8. The number of thiazole rings is 1. The van der Waals surface area contributed by atoms with E-state index in [0.717, 1.165) is 24.8 Å². The van der Waals surface area contributed by atoms with Gasteiger partial charge in [-0.05, 0) is 19.9 Å². The number of amides is 1. The Morgan fingerprint density at radius 2 is 2.15 bits per heavy atom. The fourth-order valence-corrected chi connectivity index (χ4v) is 4.00. The van der Waals surface area contributed by atoms with Crippen molar-refractivity contribution in [2.45, 2.75) is 32.6 Å². The quantitative estimate of drug-likeness (QED) is 0.597. The second kappa shape index (κ2) is 8.30. The number of aromatic nitrogens is 1. The number of morpholine rings is 1. The molecule has 0 spiro atoms. The zero-order valence-corrected chi connectivity index (χ0v) is 16.4. The summed E-state index contributed by atoms with van der Waals surface area (Å²) in [5.41, 5.74) is 0.864. The lowest BCUT2D eigenvalue weighted by molar-refractivity contribution is -0.384. The molecule has 0 bridgehead atoms. The van der Waals surface area contributed by atoms with E-state index in [1.54, 1.807) is 0 Å². The number of non-ortho nitro benzene ring substituents is 1. The van der Waals surface area contributed by atoms with E-state index >= 15 is 0 Å². The van der Waals surface area contributed by atoms with Crippen molar-refractivity contribution in [2.24, 2.45) is 0 Å². The minimum Gasteiger partial charge on any atom is -0.373 e. The smallest absolute Gasteiger partial charge is 0.270 e. The number of nitrogens with one attached hydrogen (secondary N) is 1. The topological polar surface area (TPSA) is 97.6 Å². The van der Waals surface area contributed by atoms with E-state index in [-0.39, 0.29) is 28.5 Å². The molecular formula is C17H19ClN4O4S. The molecule has 1 aliphatic heterocycles. The number of nitro benzene ring substituents is 1. The second-order valence-corrected chi connectivity index (χ2v) is 7.74. The second-order valence-electron chi connectivity index (χ2n) is 6.47. The van der Waals surface area contributed by atoms with Crippen LogP contribution < -0.4 is 5.32 Å². The summed E-state index contributed by atoms with van der Waals surface area (Å²) in [6, 6.07) is 3.74. The Morgan fingerprint density at radius 3 is 2.78 bits per heavy atom. The molecule has 1 saturated heterocycles. The highest BCUT2D eigenvalue weighted by Crippen LogP contribution is 2.25. The summed E-state index contributed by atoms with van der Waals surface area (Å²) in [5.74, 6) is -0.454. The molecule has 1 aliphatic rings. The highest BCUT2D eigenvalue weighted by molar-refractivity contribution is 7.14. The monoisotopic (exact) mass is 410 g/mol. The van der Waals surface area contributed by atoms with Gasteiger partial charge in [0.05, 0.1) is 33.4 Å². The number of anilines is 1. The van der Waals surface area contributed by atoms with Crippen molar-refractivity contribution in [3.63, 3.8) is 0 Å². The van der Waals surface area contributed by atoms with Crippen molar-refractivity contribution in [3.05, 3.63) is 50.0 Å². The molecule has 2 unspecified atom stereocenters. The Bertz CT molecular complexity index is 849. The molecule has 2 atom stereocenters. The fourth-order valence-electron chi connectivity index (χ4n) is 3.05. The number of carbonyl (C=O) groups excluding carboxylic acids is 1. The lowest BCUT2D eigenvalue weighted by Gasteiger charge is -2.34. The molecule has 1 aromatic heterocycles. The maximum atomic E-state index is 12.4. The first kappa shape index (κ1) is 19.7. The van der Waals surface area contributed by atoms with Crippen molar-refractivity contribution >= 4 is 39.7 Å². The van der Waals surface area contributed by atoms with E-state index in [9.17, 15) is 14.9 Å². The van der Waals surface area contributed by atoms with E-state index < -0.39 is 10.8 Å². The molecule has 1 aromatic carbocycles. The Kier molecular flexibility index (Phi) is 6.05. The number of nitro groups is 1. The normalized spacial score (nSPS) is 20.4. The average Bonchev–Trinajstić information content (AvgIpc) is 3.00. The van der Waals surface area contributed by atoms with Gasteiger partial charge in [0.25, 0.3) is 11.6 Å². The van der Waals surface area contributed by atoms with Gasteiger partial charge in [-0.3, -0.25) is 25.1 Å². The molecular weight excluding hydrogens is 392 g/mol. The first-order chi connectivity index (χ1) is 12.8. The molecule has 3 rings (SSSR count). The summed E-state index contributed by atoms with van der Waals surface area (Å²) in [6.07, 6.45) is 0.353. The van der Waals surface area contributed by atoms with Crippen LogP contribution in [0.4, 0.5) is 10.8 Å². The number of rotatable bonds is 5. The van der Waals surface area contributed by atoms with Crippen molar-refractivity contribution in [2.75, 3.05) is 18.4 Å². The van der Waals surface area contributed by atoms with Crippen LogP contribution in [-0.2, 0) is 11.3 Å². The molecule has 1 amide bonds. The minimum atomic E-state index is -0.561. The molecule has 10 heteroatoms. The molecule has 1 fully saturated rings. The van der Waals surface area contributed by atoms with Crippen molar-refractivity contribution in [3.8, 4) is 0 Å². The predicted octanol–water partition coefficient (Wildman–Crippen LogP) is 3.57. The summed E-state index contributed by atoms with van der Waals surface area (Å²) in [5, 5.41) is 15.8. The molecule has 144 valence electrons. The molecule has 1 N–H and O–H groups in total. The minimum absolute atomic E-state index is 0.0229. The Morgan fingerprint density at radius 1 is 1.44 bits per heavy atom. The van der Waals surface area contributed by atoms with Gasteiger partial charge in [-0.2, -0.15) is 0 Å². The number of halogens is 1. The molecule has 27 heavy (non-hydrogen) atoms. The maximum absolute atomic E-state index is 12.4. The van der Waals surface area contributed by atoms with Crippen LogP contribution in [0.15, 0.2) is 23.6 Å². The Hall–Kier alpha value is -2.07. The van der Waals surface area contributed by atoms with Gasteiger partial charge in [-0.15, -0.1) is 11.3 Å². The van der Waals surface area contributed by atoms with Crippen molar-refractivity contribution in [1.29, 1.82) is 0 Å². The highest BCUT2D eigenvalue weighted by Gasteiger charge is 2.23. The molecule has 2 heterocycles. The molecule has 0 radical (unpaired) electrons. The molecule has 0 saturated carbocycles. The van der Waals surface area contributed by atoms with Gasteiger partial charge in [0.1, 0.15) is 0 Å². The summed E-state index contributed by atoms with van der Waals surface area (Å²) < 4.78 is 5.72. The molecule has 2 aromatic rings. The van der Waals surface area contributed by atoms with E-state index in [1.807, 2.05) is 19.2 Å². The van der Waals surface area contributed by atoms with Crippen LogP contribution in [0.1, 0.15) is 29.9 Å². The van der Waals surface area contributed by atoms with Crippen LogP contribution in [0.3, 0.4) is 0 Å². The number of nitrogens with zero attached hydrogens (tertiary/aromatic N) is 3. The van der Waals surface area contributed by atoms with E-state index in [0.29, 0.717) is 11.7 Å². The number of carbonyl (C=O) groups is 1. The van der Waals surface area contributed by atoms with Crippen LogP contribution in [0.2, 0.25) is 5.02 Å². The molecule has 8 nitrogen and oxygen atoms in total. The first-order valence-corrected chi connectivity index (χ1v) is 9.65. The van der Waals surface area contributed by atoms with Crippen LogP contribution in [0.25, 0.3) is 0 Å². The zero-order chi connectivity index (χ0) is 19.6. The van der Waals surface area contributed by atoms with Gasteiger partial charge >= 0.3 is 0 Å². The largest absolute Gasteiger partial charge is 0.373 e. The summed E-state index contributed by atoms with van der Waals surface area (Å²) >= 11 is 7.32. The van der Waals surface area contributed by atoms with E-state index in [4.69, 9.17) is 16.3 Å². The van der Waals surface area contributed by atoms with Gasteiger partial charge in [-0.25, -0.2) is 4.98 Å². The number of hydrogen-bond acceptors (Lipinski definition) is 7. The lowest BCUT2D eigenvalue weighted by atomic mass is 10.2. The first-order valence-electron chi connectivity index (χ1n) is 8.39. The predicted molar refractivity (Wildman–Crippen MR) is 103 cm³/mol. The summed E-state index contributed by atoms with van der Waals surface area (Å²) in [6.45, 7) is 6.44. The van der Waals surface area contributed by atoms with E-state index in [2.05, 4.69) is 15.2 Å². The van der Waals surface area contributed by atoms with Crippen LogP contribution >= 0.6 is 22.9 Å². The third-order valence-corrected chi connectivity index (χ3v) is 5.18. The van der Waals surface area contributed by atoms with Gasteiger partial charge in [0, 0.05) is 37.1 Å². The number of benzene rings is 1. The van der Waals surface area contributed by atoms with Gasteiger partial charge in [-0.1, -0.05) is 11.6 Å². The fraction of sp³-hybridized carbons (Fsp3) is 0.412. The van der Waals surface area contributed by atoms with Crippen LogP contribution in [-0.4, -0.2) is 46.0 Å². The Labute approximate surface area is 165 Å². The van der Waals surface area contributed by atoms with Crippen LogP contribution in [0, 0.1) is 10.1 Å². The highest BCUT2D eigenvalue weighted by atomic mass is 35.5. The summed E-state index contributed by atoms with van der Waals surface area (Å²) in [7, 11) is 0. The lowest BCUT2D eigenvalue weighted by Crippen LogP contribution is -2.44. The maximum Gasteiger partial charge on any atom is 0.270 e. The van der Waals surface area contributed by atoms with Crippen molar-refractivity contribution < 1.29 is 14.5 Å². The summed E-state index contributed by atoms with van der Waals surface area (Å²) in [4.78, 5) is 29.3.